The van der Waals surface area contributed by atoms with Crippen LogP contribution in [0.5, 0.6) is 0 Å². The Kier molecular flexibility index (Phi) is 3.07. The molecule has 1 amide bonds. The van der Waals surface area contributed by atoms with Crippen molar-refractivity contribution in [1.82, 2.24) is 9.80 Å². The van der Waals surface area contributed by atoms with Crippen molar-refractivity contribution in [3.8, 4) is 0 Å². The highest BCUT2D eigenvalue weighted by Gasteiger charge is 2.49. The Balaban J connectivity index is 1.76. The van der Waals surface area contributed by atoms with Gasteiger partial charge in [-0.05, 0) is 25.5 Å². The van der Waals surface area contributed by atoms with Crippen molar-refractivity contribution >= 4 is 5.91 Å². The van der Waals surface area contributed by atoms with Gasteiger partial charge in [0.05, 0.1) is 11.6 Å². The zero-order chi connectivity index (χ0) is 13.5. The number of carbonyl (C=O) groups excluding carboxylic acids is 1. The molecule has 2 N–H and O–H groups in total. The third-order valence-electron chi connectivity index (χ3n) is 4.33. The van der Waals surface area contributed by atoms with Crippen molar-refractivity contribution in [2.75, 3.05) is 26.7 Å². The first kappa shape index (κ1) is 12.6. The molecule has 1 aliphatic carbocycles. The molecule has 0 bridgehead atoms. The first-order valence-electron chi connectivity index (χ1n) is 6.94. The molecule has 4 heteroatoms. The normalized spacial score (nSPS) is 26.2. The van der Waals surface area contributed by atoms with E-state index in [9.17, 15) is 4.79 Å². The molecule has 19 heavy (non-hydrogen) atoms. The number of nitrogens with zero attached hydrogens (tertiary/aromatic N) is 2. The number of nitrogens with two attached hydrogens (primary N) is 1. The van der Waals surface area contributed by atoms with Crippen LogP contribution in [0.3, 0.4) is 0 Å². The third kappa shape index (κ3) is 2.38. The van der Waals surface area contributed by atoms with Gasteiger partial charge in [0.25, 0.3) is 0 Å². The summed E-state index contributed by atoms with van der Waals surface area (Å²) in [5.74, 6) is 0.140. The highest BCUT2D eigenvalue weighted by molar-refractivity contribution is 5.89. The second-order valence-electron chi connectivity index (χ2n) is 5.81. The summed E-state index contributed by atoms with van der Waals surface area (Å²) in [6.07, 6.45) is 1.68. The molecule has 1 aromatic carbocycles. The molecule has 1 saturated heterocycles. The first-order valence-corrected chi connectivity index (χ1v) is 6.94. The summed E-state index contributed by atoms with van der Waals surface area (Å²) in [7, 11) is 2.12. The minimum atomic E-state index is -0.544. The number of likely N-dealkylation sites (N-methyl/N-ethyl adjacent to an activating group) is 1. The van der Waals surface area contributed by atoms with E-state index in [1.54, 1.807) is 0 Å². The van der Waals surface area contributed by atoms with E-state index in [1.165, 1.54) is 5.56 Å². The van der Waals surface area contributed by atoms with Crippen molar-refractivity contribution in [1.29, 1.82) is 0 Å². The molecule has 1 aliphatic heterocycles. The Labute approximate surface area is 114 Å². The number of amides is 1. The van der Waals surface area contributed by atoms with Gasteiger partial charge in [0.1, 0.15) is 0 Å². The number of hydrogen-bond acceptors (Lipinski definition) is 3. The summed E-state index contributed by atoms with van der Waals surface area (Å²) in [6.45, 7) is 2.44. The number of benzene rings is 1. The quantitative estimate of drug-likeness (QED) is 0.862. The lowest BCUT2D eigenvalue weighted by Crippen LogP contribution is -2.54. The Morgan fingerprint density at radius 2 is 1.95 bits per heavy atom. The molecule has 102 valence electrons. The van der Waals surface area contributed by atoms with Gasteiger partial charge in [-0.1, -0.05) is 30.3 Å². The molecule has 1 heterocycles. The fourth-order valence-corrected chi connectivity index (χ4v) is 2.76. The minimum absolute atomic E-state index is 0.140. The Morgan fingerprint density at radius 1 is 1.26 bits per heavy atom. The summed E-state index contributed by atoms with van der Waals surface area (Å²) < 4.78 is 0. The molecule has 1 aromatic rings. The van der Waals surface area contributed by atoms with Gasteiger partial charge in [0.2, 0.25) is 5.91 Å². The highest BCUT2D eigenvalue weighted by atomic mass is 16.2. The molecular weight excluding hydrogens is 238 g/mol. The van der Waals surface area contributed by atoms with Gasteiger partial charge in [-0.15, -0.1) is 0 Å². The van der Waals surface area contributed by atoms with Gasteiger partial charge in [0, 0.05) is 19.6 Å². The zero-order valence-electron chi connectivity index (χ0n) is 11.4. The summed E-state index contributed by atoms with van der Waals surface area (Å²) >= 11 is 0. The van der Waals surface area contributed by atoms with Gasteiger partial charge >= 0.3 is 0 Å². The third-order valence-corrected chi connectivity index (χ3v) is 4.33. The van der Waals surface area contributed by atoms with E-state index in [4.69, 9.17) is 5.73 Å². The van der Waals surface area contributed by atoms with E-state index >= 15 is 0 Å². The van der Waals surface area contributed by atoms with Crippen LogP contribution in [0.4, 0.5) is 0 Å². The Morgan fingerprint density at radius 3 is 2.58 bits per heavy atom. The highest BCUT2D eigenvalue weighted by Crippen LogP contribution is 2.35. The molecule has 2 aliphatic rings. The summed E-state index contributed by atoms with van der Waals surface area (Å²) in [4.78, 5) is 16.6. The van der Waals surface area contributed by atoms with Crippen LogP contribution in [0.2, 0.25) is 0 Å². The van der Waals surface area contributed by atoms with Crippen LogP contribution in [0.25, 0.3) is 0 Å². The Bertz CT molecular complexity index is 470. The van der Waals surface area contributed by atoms with E-state index < -0.39 is 5.54 Å². The van der Waals surface area contributed by atoms with Gasteiger partial charge in [-0.25, -0.2) is 0 Å². The smallest absolute Gasteiger partial charge is 0.242 e. The lowest BCUT2D eigenvalue weighted by Gasteiger charge is -2.40. The number of hydrogen-bond donors (Lipinski definition) is 1. The van der Waals surface area contributed by atoms with E-state index in [2.05, 4.69) is 36.2 Å². The summed E-state index contributed by atoms with van der Waals surface area (Å²) in [6, 6.07) is 10.7. The van der Waals surface area contributed by atoms with E-state index in [-0.39, 0.29) is 11.9 Å². The molecular formula is C15H21N3O. The van der Waals surface area contributed by atoms with Gasteiger partial charge in [-0.2, -0.15) is 0 Å². The predicted octanol–water partition coefficient (Wildman–Crippen LogP) is 0.993. The van der Waals surface area contributed by atoms with Crippen LogP contribution < -0.4 is 5.73 Å². The molecule has 1 saturated carbocycles. The number of piperazine rings is 1. The van der Waals surface area contributed by atoms with Crippen molar-refractivity contribution in [2.24, 2.45) is 5.73 Å². The standard InChI is InChI=1S/C15H21N3O/c1-17-9-10-18(14(19)15(16)7-8-15)11-13(17)12-5-3-2-4-6-12/h2-6,13H,7-11,16H2,1H3/t13-/m1/s1. The Hall–Kier alpha value is -1.39. The van der Waals surface area contributed by atoms with Crippen molar-refractivity contribution in [2.45, 2.75) is 24.4 Å². The van der Waals surface area contributed by atoms with Crippen LogP contribution in [-0.4, -0.2) is 47.9 Å². The molecule has 1 atom stereocenters. The molecule has 4 nitrogen and oxygen atoms in total. The molecule has 0 spiro atoms. The van der Waals surface area contributed by atoms with Crippen LogP contribution in [-0.2, 0) is 4.79 Å². The number of carbonyl (C=O) groups is 1. The van der Waals surface area contributed by atoms with Crippen molar-refractivity contribution in [3.05, 3.63) is 35.9 Å². The largest absolute Gasteiger partial charge is 0.338 e. The summed E-state index contributed by atoms with van der Waals surface area (Å²) in [5, 5.41) is 0. The average Bonchev–Trinajstić information content (AvgIpc) is 3.19. The molecule has 0 unspecified atom stereocenters. The summed E-state index contributed by atoms with van der Waals surface area (Å²) in [5.41, 5.74) is 6.76. The SMILES string of the molecule is CN1CCN(C(=O)C2(N)CC2)C[C@@H]1c1ccccc1. The topological polar surface area (TPSA) is 49.6 Å². The average molecular weight is 259 g/mol. The van der Waals surface area contributed by atoms with Gasteiger partial charge < -0.3 is 10.6 Å². The fourth-order valence-electron chi connectivity index (χ4n) is 2.76. The van der Waals surface area contributed by atoms with Gasteiger partial charge in [0.15, 0.2) is 0 Å². The molecule has 0 radical (unpaired) electrons. The van der Waals surface area contributed by atoms with E-state index in [0.717, 1.165) is 32.5 Å². The predicted molar refractivity (Wildman–Crippen MR) is 74.5 cm³/mol. The maximum absolute atomic E-state index is 12.3. The second-order valence-corrected chi connectivity index (χ2v) is 5.81. The van der Waals surface area contributed by atoms with E-state index in [1.807, 2.05) is 11.0 Å². The maximum Gasteiger partial charge on any atom is 0.242 e. The number of rotatable bonds is 2. The minimum Gasteiger partial charge on any atom is -0.338 e. The molecule has 3 rings (SSSR count). The van der Waals surface area contributed by atoms with Crippen molar-refractivity contribution in [3.63, 3.8) is 0 Å². The second kappa shape index (κ2) is 4.62. The maximum atomic E-state index is 12.3. The van der Waals surface area contributed by atoms with E-state index in [0.29, 0.717) is 0 Å². The molecule has 0 aromatic heterocycles. The van der Waals surface area contributed by atoms with Crippen LogP contribution in [0.1, 0.15) is 24.4 Å². The van der Waals surface area contributed by atoms with Crippen LogP contribution in [0, 0.1) is 0 Å². The zero-order valence-corrected chi connectivity index (χ0v) is 11.4. The van der Waals surface area contributed by atoms with Crippen molar-refractivity contribution < 1.29 is 4.79 Å². The van der Waals surface area contributed by atoms with Gasteiger partial charge in [-0.3, -0.25) is 9.69 Å². The monoisotopic (exact) mass is 259 g/mol. The first-order chi connectivity index (χ1) is 9.10. The fraction of sp³-hybridized carbons (Fsp3) is 0.533. The lowest BCUT2D eigenvalue weighted by molar-refractivity contribution is -0.136. The van der Waals surface area contributed by atoms with Crippen LogP contribution >= 0.6 is 0 Å². The lowest BCUT2D eigenvalue weighted by atomic mass is 10.0. The molecule has 2 fully saturated rings. The van der Waals surface area contributed by atoms with Crippen LogP contribution in [0.15, 0.2) is 30.3 Å².